The highest BCUT2D eigenvalue weighted by Gasteiger charge is 2.17. The van der Waals surface area contributed by atoms with Crippen molar-refractivity contribution in [2.24, 2.45) is 0 Å². The molecule has 2 rings (SSSR count). The summed E-state index contributed by atoms with van der Waals surface area (Å²) in [5, 5.41) is 23.5. The van der Waals surface area contributed by atoms with E-state index in [4.69, 9.17) is 0 Å². The highest BCUT2D eigenvalue weighted by Crippen LogP contribution is 2.21. The lowest BCUT2D eigenvalue weighted by molar-refractivity contribution is 0.0203. The number of likely N-dealkylation sites (N-methyl/N-ethyl adjacent to an activating group) is 1. The van der Waals surface area contributed by atoms with Crippen LogP contribution >= 0.6 is 0 Å². The van der Waals surface area contributed by atoms with Crippen LogP contribution in [0.3, 0.4) is 0 Å². The third-order valence-corrected chi connectivity index (χ3v) is 2.75. The van der Waals surface area contributed by atoms with Gasteiger partial charge in [-0.2, -0.15) is 0 Å². The van der Waals surface area contributed by atoms with E-state index in [1.807, 2.05) is 24.3 Å². The van der Waals surface area contributed by atoms with E-state index in [1.165, 1.54) is 0 Å². The Labute approximate surface area is 99.9 Å². The van der Waals surface area contributed by atoms with Gasteiger partial charge in [0.1, 0.15) is 6.10 Å². The molecule has 0 amide bonds. The molecule has 2 unspecified atom stereocenters. The summed E-state index contributed by atoms with van der Waals surface area (Å²) in [5.41, 5.74) is 1.58. The minimum Gasteiger partial charge on any atom is -0.389 e. The van der Waals surface area contributed by atoms with Crippen LogP contribution in [0.4, 0.5) is 0 Å². The number of aromatic nitrogens is 1. The van der Waals surface area contributed by atoms with Gasteiger partial charge in [0.25, 0.3) is 0 Å². The first-order chi connectivity index (χ1) is 8.22. The number of hydrogen-bond acceptors (Lipinski definition) is 4. The van der Waals surface area contributed by atoms with Crippen LogP contribution in [0.5, 0.6) is 0 Å². The Balaban J connectivity index is 2.29. The summed E-state index contributed by atoms with van der Waals surface area (Å²) in [4.78, 5) is 4.21. The first-order valence-electron chi connectivity index (χ1n) is 5.58. The number of pyridine rings is 1. The molecule has 0 aliphatic carbocycles. The zero-order chi connectivity index (χ0) is 12.3. The molecule has 90 valence electrons. The third kappa shape index (κ3) is 2.61. The second-order valence-electron chi connectivity index (χ2n) is 4.03. The summed E-state index contributed by atoms with van der Waals surface area (Å²) in [6.07, 6.45) is 0.0371. The molecule has 0 saturated heterocycles. The molecule has 1 aromatic carbocycles. The summed E-state index contributed by atoms with van der Waals surface area (Å²) < 4.78 is 0. The zero-order valence-corrected chi connectivity index (χ0v) is 9.67. The van der Waals surface area contributed by atoms with Gasteiger partial charge in [-0.1, -0.05) is 12.1 Å². The van der Waals surface area contributed by atoms with Crippen LogP contribution in [0.1, 0.15) is 11.7 Å². The SMILES string of the molecule is CNCC(O)C(O)c1ccc2ncccc2c1. The maximum absolute atomic E-state index is 9.97. The number of aliphatic hydroxyl groups is 2. The molecule has 0 aliphatic heterocycles. The number of nitrogens with one attached hydrogen (secondary N) is 1. The van der Waals surface area contributed by atoms with Crippen LogP contribution in [-0.2, 0) is 0 Å². The van der Waals surface area contributed by atoms with E-state index >= 15 is 0 Å². The standard InChI is InChI=1S/C13H16N2O2/c1-14-8-12(16)13(17)10-4-5-11-9(7-10)3-2-6-15-11/h2-7,12-14,16-17H,8H2,1H3. The van der Waals surface area contributed by atoms with Crippen molar-refractivity contribution >= 4 is 10.9 Å². The van der Waals surface area contributed by atoms with Gasteiger partial charge in [0, 0.05) is 18.1 Å². The molecule has 0 radical (unpaired) electrons. The van der Waals surface area contributed by atoms with E-state index in [-0.39, 0.29) is 0 Å². The molecule has 0 saturated carbocycles. The number of hydrogen-bond donors (Lipinski definition) is 3. The third-order valence-electron chi connectivity index (χ3n) is 2.75. The molecule has 17 heavy (non-hydrogen) atoms. The van der Waals surface area contributed by atoms with Gasteiger partial charge in [0.2, 0.25) is 0 Å². The van der Waals surface area contributed by atoms with Gasteiger partial charge in [0.05, 0.1) is 11.6 Å². The highest BCUT2D eigenvalue weighted by atomic mass is 16.3. The lowest BCUT2D eigenvalue weighted by Crippen LogP contribution is -2.29. The molecule has 3 N–H and O–H groups in total. The number of nitrogens with zero attached hydrogens (tertiary/aromatic N) is 1. The van der Waals surface area contributed by atoms with E-state index in [0.29, 0.717) is 12.1 Å². The van der Waals surface area contributed by atoms with Crippen LogP contribution in [0.25, 0.3) is 10.9 Å². The van der Waals surface area contributed by atoms with E-state index in [1.54, 1.807) is 19.3 Å². The average molecular weight is 232 g/mol. The molecule has 4 nitrogen and oxygen atoms in total. The Morgan fingerprint density at radius 1 is 1.29 bits per heavy atom. The number of benzene rings is 1. The Kier molecular flexibility index (Phi) is 3.68. The van der Waals surface area contributed by atoms with Crippen LogP contribution in [0, 0.1) is 0 Å². The maximum Gasteiger partial charge on any atom is 0.106 e. The Morgan fingerprint density at radius 2 is 2.12 bits per heavy atom. The van der Waals surface area contributed by atoms with Crippen molar-refractivity contribution in [3.05, 3.63) is 42.1 Å². The van der Waals surface area contributed by atoms with Crippen molar-refractivity contribution in [2.75, 3.05) is 13.6 Å². The predicted molar refractivity (Wildman–Crippen MR) is 66.6 cm³/mol. The Morgan fingerprint density at radius 3 is 2.88 bits per heavy atom. The van der Waals surface area contributed by atoms with Gasteiger partial charge in [-0.3, -0.25) is 4.98 Å². The fourth-order valence-corrected chi connectivity index (χ4v) is 1.82. The van der Waals surface area contributed by atoms with Crippen LogP contribution in [-0.4, -0.2) is 34.9 Å². The van der Waals surface area contributed by atoms with E-state index in [2.05, 4.69) is 10.3 Å². The topological polar surface area (TPSA) is 65.4 Å². The van der Waals surface area contributed by atoms with Crippen LogP contribution < -0.4 is 5.32 Å². The Bertz CT molecular complexity index is 501. The molecule has 1 aromatic heterocycles. The molecule has 4 heteroatoms. The van der Waals surface area contributed by atoms with Crippen molar-refractivity contribution in [2.45, 2.75) is 12.2 Å². The highest BCUT2D eigenvalue weighted by molar-refractivity contribution is 5.79. The monoisotopic (exact) mass is 232 g/mol. The molecule has 2 aromatic rings. The summed E-state index contributed by atoms with van der Waals surface area (Å²) in [6.45, 7) is 0.353. The van der Waals surface area contributed by atoms with Gasteiger partial charge < -0.3 is 15.5 Å². The zero-order valence-electron chi connectivity index (χ0n) is 9.67. The number of rotatable bonds is 4. The minimum atomic E-state index is -0.882. The molecule has 0 spiro atoms. The molecule has 0 bridgehead atoms. The van der Waals surface area contributed by atoms with E-state index < -0.39 is 12.2 Å². The second kappa shape index (κ2) is 5.23. The summed E-state index contributed by atoms with van der Waals surface area (Å²) in [6, 6.07) is 9.27. The second-order valence-corrected chi connectivity index (χ2v) is 4.03. The van der Waals surface area contributed by atoms with Gasteiger partial charge in [0.15, 0.2) is 0 Å². The predicted octanol–water partition coefficient (Wildman–Crippen LogP) is 0.848. The summed E-state index contributed by atoms with van der Waals surface area (Å²) in [5.74, 6) is 0. The quantitative estimate of drug-likeness (QED) is 0.731. The van der Waals surface area contributed by atoms with Gasteiger partial charge in [-0.25, -0.2) is 0 Å². The van der Waals surface area contributed by atoms with Crippen molar-refractivity contribution in [3.8, 4) is 0 Å². The fraction of sp³-hybridized carbons (Fsp3) is 0.308. The number of aliphatic hydroxyl groups excluding tert-OH is 2. The van der Waals surface area contributed by atoms with E-state index in [9.17, 15) is 10.2 Å². The van der Waals surface area contributed by atoms with Crippen LogP contribution in [0.15, 0.2) is 36.5 Å². The molecule has 1 heterocycles. The minimum absolute atomic E-state index is 0.353. The fourth-order valence-electron chi connectivity index (χ4n) is 1.82. The first kappa shape index (κ1) is 12.0. The maximum atomic E-state index is 9.97. The normalized spacial score (nSPS) is 14.8. The van der Waals surface area contributed by atoms with Crippen molar-refractivity contribution in [3.63, 3.8) is 0 Å². The first-order valence-corrected chi connectivity index (χ1v) is 5.58. The smallest absolute Gasteiger partial charge is 0.106 e. The van der Waals surface area contributed by atoms with Gasteiger partial charge in [-0.05, 0) is 30.8 Å². The lowest BCUT2D eigenvalue weighted by Gasteiger charge is -2.18. The summed E-state index contributed by atoms with van der Waals surface area (Å²) >= 11 is 0. The van der Waals surface area contributed by atoms with Gasteiger partial charge in [-0.15, -0.1) is 0 Å². The summed E-state index contributed by atoms with van der Waals surface area (Å²) in [7, 11) is 1.74. The van der Waals surface area contributed by atoms with Crippen molar-refractivity contribution < 1.29 is 10.2 Å². The average Bonchev–Trinajstić information content (AvgIpc) is 2.37. The van der Waals surface area contributed by atoms with Crippen LogP contribution in [0.2, 0.25) is 0 Å². The van der Waals surface area contributed by atoms with Gasteiger partial charge >= 0.3 is 0 Å². The molecular formula is C13H16N2O2. The van der Waals surface area contributed by atoms with Crippen molar-refractivity contribution in [1.29, 1.82) is 0 Å². The lowest BCUT2D eigenvalue weighted by atomic mass is 10.0. The molecule has 2 atom stereocenters. The van der Waals surface area contributed by atoms with Crippen molar-refractivity contribution in [1.82, 2.24) is 10.3 Å². The molecule has 0 fully saturated rings. The molecule has 0 aliphatic rings. The molecular weight excluding hydrogens is 216 g/mol. The van der Waals surface area contributed by atoms with E-state index in [0.717, 1.165) is 10.9 Å². The Hall–Kier alpha value is -1.49. The number of fused-ring (bicyclic) bond motifs is 1. The largest absolute Gasteiger partial charge is 0.389 e.